The number of aryl methyl sites for hydroxylation is 1. The van der Waals surface area contributed by atoms with Gasteiger partial charge in [0.25, 0.3) is 0 Å². The predicted molar refractivity (Wildman–Crippen MR) is 94.5 cm³/mol. The molecule has 3 rings (SSSR count). The molecule has 1 aromatic heterocycles. The summed E-state index contributed by atoms with van der Waals surface area (Å²) in [6, 6.07) is 1.89. The summed E-state index contributed by atoms with van der Waals surface area (Å²) in [6.45, 7) is 5.27. The largest absolute Gasteiger partial charge is 0.381 e. The van der Waals surface area contributed by atoms with E-state index in [0.29, 0.717) is 32.8 Å². The summed E-state index contributed by atoms with van der Waals surface area (Å²) in [5.41, 5.74) is 0.732. The fourth-order valence-electron chi connectivity index (χ4n) is 3.95. The average Bonchev–Trinajstić information content (AvgIpc) is 2.94. The van der Waals surface area contributed by atoms with E-state index in [-0.39, 0.29) is 30.5 Å². The summed E-state index contributed by atoms with van der Waals surface area (Å²) in [5, 5.41) is 4.20. The van der Waals surface area contributed by atoms with Gasteiger partial charge in [0.2, 0.25) is 11.8 Å². The highest BCUT2D eigenvalue weighted by atomic mass is 16.5. The average molecular weight is 364 g/mol. The Morgan fingerprint density at radius 2 is 1.96 bits per heavy atom. The van der Waals surface area contributed by atoms with Crippen molar-refractivity contribution in [2.75, 3.05) is 46.6 Å². The van der Waals surface area contributed by atoms with Crippen LogP contribution < -0.4 is 0 Å². The van der Waals surface area contributed by atoms with Gasteiger partial charge in [-0.1, -0.05) is 0 Å². The molecule has 0 aromatic carbocycles. The smallest absolute Gasteiger partial charge is 0.249 e. The van der Waals surface area contributed by atoms with Crippen LogP contribution in [0.15, 0.2) is 12.3 Å². The van der Waals surface area contributed by atoms with Crippen LogP contribution in [0.4, 0.5) is 0 Å². The molecular formula is C18H28N4O4. The number of hydrogen-bond acceptors (Lipinski definition) is 5. The van der Waals surface area contributed by atoms with Crippen molar-refractivity contribution < 1.29 is 19.1 Å². The molecule has 0 unspecified atom stereocenters. The summed E-state index contributed by atoms with van der Waals surface area (Å²) in [7, 11) is 1.54. The summed E-state index contributed by atoms with van der Waals surface area (Å²) in [5.74, 6) is 0.0340. The molecule has 2 saturated heterocycles. The summed E-state index contributed by atoms with van der Waals surface area (Å²) >= 11 is 0. The standard InChI is InChI=1S/C18H28N4O4/c1-15-3-7-19-22(15)13-16(23)20-8-4-18(5-11-26-12-6-18)21(10-9-20)17(24)14-25-2/h3,7H,4-6,8-14H2,1-2H3. The van der Waals surface area contributed by atoms with Gasteiger partial charge in [0.05, 0.1) is 0 Å². The van der Waals surface area contributed by atoms with E-state index >= 15 is 0 Å². The number of amides is 2. The second kappa shape index (κ2) is 8.18. The minimum atomic E-state index is -0.232. The van der Waals surface area contributed by atoms with E-state index in [1.165, 1.54) is 7.11 Å². The zero-order valence-electron chi connectivity index (χ0n) is 15.6. The Hall–Kier alpha value is -1.93. The molecule has 1 aromatic rings. The number of ether oxygens (including phenoxy) is 2. The minimum Gasteiger partial charge on any atom is -0.381 e. The van der Waals surface area contributed by atoms with E-state index in [0.717, 1.165) is 25.0 Å². The van der Waals surface area contributed by atoms with Crippen molar-refractivity contribution in [2.45, 2.75) is 38.3 Å². The second-order valence-electron chi connectivity index (χ2n) is 7.08. The molecule has 0 saturated carbocycles. The van der Waals surface area contributed by atoms with Gasteiger partial charge in [-0.05, 0) is 32.3 Å². The molecule has 0 N–H and O–H groups in total. The van der Waals surface area contributed by atoms with Gasteiger partial charge in [0, 0.05) is 57.4 Å². The van der Waals surface area contributed by atoms with Crippen LogP contribution in [-0.2, 0) is 25.6 Å². The first-order valence-corrected chi connectivity index (χ1v) is 9.19. The summed E-state index contributed by atoms with van der Waals surface area (Å²) in [6.07, 6.45) is 4.09. The number of rotatable bonds is 4. The highest BCUT2D eigenvalue weighted by Gasteiger charge is 2.43. The normalized spacial score (nSPS) is 20.2. The van der Waals surface area contributed by atoms with Crippen molar-refractivity contribution in [1.82, 2.24) is 19.6 Å². The van der Waals surface area contributed by atoms with Crippen molar-refractivity contribution >= 4 is 11.8 Å². The Kier molecular flexibility index (Phi) is 5.93. The van der Waals surface area contributed by atoms with Gasteiger partial charge in [-0.25, -0.2) is 0 Å². The molecule has 26 heavy (non-hydrogen) atoms. The summed E-state index contributed by atoms with van der Waals surface area (Å²) in [4.78, 5) is 29.2. The number of carbonyl (C=O) groups excluding carboxylic acids is 2. The maximum atomic E-state index is 12.8. The second-order valence-corrected chi connectivity index (χ2v) is 7.08. The number of methoxy groups -OCH3 is 1. The lowest BCUT2D eigenvalue weighted by molar-refractivity contribution is -0.145. The predicted octanol–water partition coefficient (Wildman–Crippen LogP) is 0.448. The molecule has 2 aliphatic heterocycles. The van der Waals surface area contributed by atoms with E-state index in [1.807, 2.05) is 22.8 Å². The van der Waals surface area contributed by atoms with Crippen LogP contribution in [0.1, 0.15) is 25.0 Å². The topological polar surface area (TPSA) is 76.9 Å². The number of nitrogens with zero attached hydrogens (tertiary/aromatic N) is 4. The highest BCUT2D eigenvalue weighted by Crippen LogP contribution is 2.33. The molecule has 8 nitrogen and oxygen atoms in total. The number of carbonyl (C=O) groups is 2. The minimum absolute atomic E-state index is 0.00776. The third-order valence-corrected chi connectivity index (χ3v) is 5.57. The molecule has 144 valence electrons. The van der Waals surface area contributed by atoms with Crippen LogP contribution in [0.3, 0.4) is 0 Å². The van der Waals surface area contributed by atoms with Gasteiger partial charge in [-0.15, -0.1) is 0 Å². The van der Waals surface area contributed by atoms with Crippen LogP contribution in [0, 0.1) is 6.92 Å². The Labute approximate surface area is 154 Å². The van der Waals surface area contributed by atoms with Crippen LogP contribution in [-0.4, -0.2) is 83.5 Å². The SMILES string of the molecule is COCC(=O)N1CCN(C(=O)Cn2nccc2C)CCC12CCOCC2. The molecular weight excluding hydrogens is 336 g/mol. The van der Waals surface area contributed by atoms with E-state index in [4.69, 9.17) is 9.47 Å². The van der Waals surface area contributed by atoms with Gasteiger partial charge in [0.15, 0.2) is 0 Å². The van der Waals surface area contributed by atoms with Crippen LogP contribution >= 0.6 is 0 Å². The molecule has 0 radical (unpaired) electrons. The van der Waals surface area contributed by atoms with E-state index < -0.39 is 0 Å². The fourth-order valence-corrected chi connectivity index (χ4v) is 3.95. The maximum Gasteiger partial charge on any atom is 0.249 e. The van der Waals surface area contributed by atoms with Gasteiger partial charge in [0.1, 0.15) is 13.2 Å². The van der Waals surface area contributed by atoms with E-state index in [9.17, 15) is 9.59 Å². The lowest BCUT2D eigenvalue weighted by Crippen LogP contribution is -2.55. The van der Waals surface area contributed by atoms with Gasteiger partial charge in [-0.2, -0.15) is 5.10 Å². The Morgan fingerprint density at radius 3 is 2.62 bits per heavy atom. The van der Waals surface area contributed by atoms with Gasteiger partial charge >= 0.3 is 0 Å². The van der Waals surface area contributed by atoms with Crippen molar-refractivity contribution in [2.24, 2.45) is 0 Å². The zero-order chi connectivity index (χ0) is 18.6. The van der Waals surface area contributed by atoms with Crippen molar-refractivity contribution in [3.8, 4) is 0 Å². The molecule has 8 heteroatoms. The first kappa shape index (κ1) is 18.8. The number of aromatic nitrogens is 2. The molecule has 1 spiro atoms. The van der Waals surface area contributed by atoms with Crippen LogP contribution in [0.2, 0.25) is 0 Å². The lowest BCUT2D eigenvalue weighted by atomic mass is 9.84. The quantitative estimate of drug-likeness (QED) is 0.775. The molecule has 2 fully saturated rings. The fraction of sp³-hybridized carbons (Fsp3) is 0.722. The van der Waals surface area contributed by atoms with Crippen molar-refractivity contribution in [3.63, 3.8) is 0 Å². The third kappa shape index (κ3) is 3.91. The molecule has 0 aliphatic carbocycles. The highest BCUT2D eigenvalue weighted by molar-refractivity contribution is 5.79. The lowest BCUT2D eigenvalue weighted by Gasteiger charge is -2.45. The van der Waals surface area contributed by atoms with Crippen molar-refractivity contribution in [1.29, 1.82) is 0 Å². The first-order chi connectivity index (χ1) is 12.6. The van der Waals surface area contributed by atoms with Gasteiger partial charge < -0.3 is 19.3 Å². The number of hydrogen-bond donors (Lipinski definition) is 0. The van der Waals surface area contributed by atoms with Crippen LogP contribution in [0.5, 0.6) is 0 Å². The van der Waals surface area contributed by atoms with Crippen LogP contribution in [0.25, 0.3) is 0 Å². The van der Waals surface area contributed by atoms with E-state index in [1.54, 1.807) is 10.9 Å². The molecule has 2 amide bonds. The molecule has 0 bridgehead atoms. The Bertz CT molecular complexity index is 639. The molecule has 0 atom stereocenters. The van der Waals surface area contributed by atoms with Gasteiger partial charge in [-0.3, -0.25) is 14.3 Å². The third-order valence-electron chi connectivity index (χ3n) is 5.57. The first-order valence-electron chi connectivity index (χ1n) is 9.19. The van der Waals surface area contributed by atoms with E-state index in [2.05, 4.69) is 5.10 Å². The summed E-state index contributed by atoms with van der Waals surface area (Å²) < 4.78 is 12.3. The Morgan fingerprint density at radius 1 is 1.19 bits per heavy atom. The molecule has 2 aliphatic rings. The Balaban J connectivity index is 1.72. The molecule has 3 heterocycles. The monoisotopic (exact) mass is 364 g/mol. The van der Waals surface area contributed by atoms with Crippen molar-refractivity contribution in [3.05, 3.63) is 18.0 Å². The maximum absolute atomic E-state index is 12.8. The zero-order valence-corrected chi connectivity index (χ0v) is 15.6.